The molecular formula is C18H20N2O3. The van der Waals surface area contributed by atoms with Gasteiger partial charge in [0.25, 0.3) is 11.8 Å². The maximum Gasteiger partial charge on any atom is 0.253 e. The third-order valence-corrected chi connectivity index (χ3v) is 3.38. The van der Waals surface area contributed by atoms with Gasteiger partial charge in [0.05, 0.1) is 0 Å². The summed E-state index contributed by atoms with van der Waals surface area (Å²) in [6.07, 6.45) is -1.19. The summed E-state index contributed by atoms with van der Waals surface area (Å²) >= 11 is 0. The largest absolute Gasteiger partial charge is 0.378 e. The van der Waals surface area contributed by atoms with Crippen LogP contribution in [-0.2, 0) is 11.3 Å². The highest BCUT2D eigenvalue weighted by molar-refractivity contribution is 5.94. The van der Waals surface area contributed by atoms with Gasteiger partial charge in [-0.15, -0.1) is 0 Å². The quantitative estimate of drug-likeness (QED) is 0.761. The first-order valence-electron chi connectivity index (χ1n) is 7.49. The number of aliphatic hydroxyl groups excluding tert-OH is 1. The highest BCUT2D eigenvalue weighted by Gasteiger charge is 2.16. The van der Waals surface area contributed by atoms with E-state index in [1.54, 1.807) is 48.5 Å². The highest BCUT2D eigenvalue weighted by atomic mass is 16.3. The highest BCUT2D eigenvalue weighted by Crippen LogP contribution is 2.12. The zero-order chi connectivity index (χ0) is 16.7. The molecule has 2 aromatic rings. The lowest BCUT2D eigenvalue weighted by Crippen LogP contribution is -2.28. The van der Waals surface area contributed by atoms with Crippen LogP contribution in [0.15, 0.2) is 54.6 Å². The first-order valence-corrected chi connectivity index (χ1v) is 7.49. The topological polar surface area (TPSA) is 78.4 Å². The number of aliphatic hydroxyl groups is 1. The van der Waals surface area contributed by atoms with Crippen LogP contribution in [0.5, 0.6) is 0 Å². The summed E-state index contributed by atoms with van der Waals surface area (Å²) in [6.45, 7) is 2.73. The van der Waals surface area contributed by atoms with E-state index in [2.05, 4.69) is 10.6 Å². The van der Waals surface area contributed by atoms with Crippen molar-refractivity contribution >= 4 is 11.8 Å². The minimum Gasteiger partial charge on any atom is -0.378 e. The number of amides is 2. The normalized spacial score (nSPS) is 11.6. The third kappa shape index (κ3) is 4.66. The monoisotopic (exact) mass is 312 g/mol. The number of hydrogen-bond acceptors (Lipinski definition) is 3. The SMILES string of the molecule is CCNC(=O)c1ccc(CNC(=O)C(O)c2ccccc2)cc1. The molecular weight excluding hydrogens is 292 g/mol. The van der Waals surface area contributed by atoms with Gasteiger partial charge in [0.2, 0.25) is 0 Å². The molecule has 0 aliphatic carbocycles. The molecule has 0 aromatic heterocycles. The molecule has 2 rings (SSSR count). The Morgan fingerprint density at radius 2 is 1.65 bits per heavy atom. The molecule has 1 unspecified atom stereocenters. The molecule has 0 fully saturated rings. The molecule has 23 heavy (non-hydrogen) atoms. The fourth-order valence-corrected chi connectivity index (χ4v) is 2.11. The molecule has 1 atom stereocenters. The molecule has 0 aliphatic heterocycles. The summed E-state index contributed by atoms with van der Waals surface area (Å²) in [6, 6.07) is 15.7. The van der Waals surface area contributed by atoms with Gasteiger partial charge in [-0.1, -0.05) is 42.5 Å². The molecule has 2 amide bonds. The summed E-state index contributed by atoms with van der Waals surface area (Å²) in [5.41, 5.74) is 1.98. The van der Waals surface area contributed by atoms with Gasteiger partial charge in [-0.05, 0) is 30.2 Å². The van der Waals surface area contributed by atoms with E-state index >= 15 is 0 Å². The van der Waals surface area contributed by atoms with Crippen LogP contribution in [0.3, 0.4) is 0 Å². The first-order chi connectivity index (χ1) is 11.1. The molecule has 2 aromatic carbocycles. The smallest absolute Gasteiger partial charge is 0.253 e. The maximum atomic E-state index is 12.0. The average Bonchev–Trinajstić information content (AvgIpc) is 2.60. The van der Waals surface area contributed by atoms with E-state index in [0.717, 1.165) is 5.56 Å². The van der Waals surface area contributed by atoms with E-state index in [4.69, 9.17) is 0 Å². The third-order valence-electron chi connectivity index (χ3n) is 3.38. The van der Waals surface area contributed by atoms with Crippen LogP contribution in [-0.4, -0.2) is 23.5 Å². The number of rotatable bonds is 6. The number of carbonyl (C=O) groups excluding carboxylic acids is 2. The fraction of sp³-hybridized carbons (Fsp3) is 0.222. The van der Waals surface area contributed by atoms with Crippen molar-refractivity contribution in [2.24, 2.45) is 0 Å². The molecule has 3 N–H and O–H groups in total. The Bertz CT molecular complexity index is 654. The number of carbonyl (C=O) groups is 2. The van der Waals surface area contributed by atoms with Gasteiger partial charge in [-0.25, -0.2) is 0 Å². The lowest BCUT2D eigenvalue weighted by Gasteiger charge is -2.12. The predicted molar refractivity (Wildman–Crippen MR) is 87.7 cm³/mol. The van der Waals surface area contributed by atoms with E-state index in [-0.39, 0.29) is 5.91 Å². The van der Waals surface area contributed by atoms with Gasteiger partial charge in [0.15, 0.2) is 6.10 Å². The van der Waals surface area contributed by atoms with Crippen LogP contribution in [0.25, 0.3) is 0 Å². The second kappa shape index (κ2) is 8.10. The molecule has 5 nitrogen and oxygen atoms in total. The molecule has 0 bridgehead atoms. The van der Waals surface area contributed by atoms with Crippen molar-refractivity contribution in [1.29, 1.82) is 0 Å². The lowest BCUT2D eigenvalue weighted by atomic mass is 10.1. The van der Waals surface area contributed by atoms with Crippen molar-refractivity contribution in [2.45, 2.75) is 19.6 Å². The average molecular weight is 312 g/mol. The van der Waals surface area contributed by atoms with Crippen molar-refractivity contribution in [1.82, 2.24) is 10.6 Å². The van der Waals surface area contributed by atoms with Crippen molar-refractivity contribution in [3.8, 4) is 0 Å². The molecule has 0 saturated carbocycles. The second-order valence-corrected chi connectivity index (χ2v) is 5.09. The Morgan fingerprint density at radius 1 is 1.00 bits per heavy atom. The van der Waals surface area contributed by atoms with E-state index in [9.17, 15) is 14.7 Å². The van der Waals surface area contributed by atoms with E-state index in [1.165, 1.54) is 0 Å². The van der Waals surface area contributed by atoms with Crippen molar-refractivity contribution in [3.63, 3.8) is 0 Å². The number of nitrogens with one attached hydrogen (secondary N) is 2. The van der Waals surface area contributed by atoms with E-state index < -0.39 is 12.0 Å². The molecule has 120 valence electrons. The van der Waals surface area contributed by atoms with Crippen LogP contribution in [0.4, 0.5) is 0 Å². The van der Waals surface area contributed by atoms with Crippen LogP contribution < -0.4 is 10.6 Å². The molecule has 0 aliphatic rings. The van der Waals surface area contributed by atoms with Gasteiger partial charge in [0.1, 0.15) is 0 Å². The second-order valence-electron chi connectivity index (χ2n) is 5.09. The summed E-state index contributed by atoms with van der Waals surface area (Å²) in [5.74, 6) is -0.577. The van der Waals surface area contributed by atoms with Gasteiger partial charge in [-0.3, -0.25) is 9.59 Å². The summed E-state index contributed by atoms with van der Waals surface area (Å²) in [7, 11) is 0. The first kappa shape index (κ1) is 16.7. The zero-order valence-corrected chi connectivity index (χ0v) is 13.0. The molecule has 0 spiro atoms. The van der Waals surface area contributed by atoms with Crippen LogP contribution in [0.1, 0.15) is 34.5 Å². The van der Waals surface area contributed by atoms with Crippen LogP contribution in [0.2, 0.25) is 0 Å². The standard InChI is InChI=1S/C18H20N2O3/c1-2-19-17(22)15-10-8-13(9-11-15)12-20-18(23)16(21)14-6-4-3-5-7-14/h3-11,16,21H,2,12H2,1H3,(H,19,22)(H,20,23). The Kier molecular flexibility index (Phi) is 5.88. The number of benzene rings is 2. The molecule has 0 radical (unpaired) electrons. The Labute approximate surface area is 135 Å². The molecule has 0 heterocycles. The summed E-state index contributed by atoms with van der Waals surface area (Å²) in [4.78, 5) is 23.6. The van der Waals surface area contributed by atoms with Gasteiger partial charge in [-0.2, -0.15) is 0 Å². The summed E-state index contributed by atoms with van der Waals surface area (Å²) in [5, 5.41) is 15.4. The van der Waals surface area contributed by atoms with E-state index in [1.807, 2.05) is 13.0 Å². The lowest BCUT2D eigenvalue weighted by molar-refractivity contribution is -0.129. The predicted octanol–water partition coefficient (Wildman–Crippen LogP) is 1.79. The van der Waals surface area contributed by atoms with Crippen LogP contribution in [0, 0.1) is 0 Å². The van der Waals surface area contributed by atoms with Gasteiger partial charge >= 0.3 is 0 Å². The minimum atomic E-state index is -1.19. The maximum absolute atomic E-state index is 12.0. The van der Waals surface area contributed by atoms with Crippen molar-refractivity contribution in [2.75, 3.05) is 6.54 Å². The molecule has 0 saturated heterocycles. The number of hydrogen-bond donors (Lipinski definition) is 3. The van der Waals surface area contributed by atoms with Gasteiger partial charge < -0.3 is 15.7 Å². The Hall–Kier alpha value is -2.66. The minimum absolute atomic E-state index is 0.123. The van der Waals surface area contributed by atoms with E-state index in [0.29, 0.717) is 24.2 Å². The van der Waals surface area contributed by atoms with Crippen molar-refractivity contribution < 1.29 is 14.7 Å². The molecule has 5 heteroatoms. The Balaban J connectivity index is 1.90. The zero-order valence-electron chi connectivity index (χ0n) is 13.0. The Morgan fingerprint density at radius 3 is 2.26 bits per heavy atom. The van der Waals surface area contributed by atoms with Gasteiger partial charge in [0, 0.05) is 18.7 Å². The summed E-state index contributed by atoms with van der Waals surface area (Å²) < 4.78 is 0. The van der Waals surface area contributed by atoms with Crippen LogP contribution >= 0.6 is 0 Å². The van der Waals surface area contributed by atoms with Crippen molar-refractivity contribution in [3.05, 3.63) is 71.3 Å². The fourth-order valence-electron chi connectivity index (χ4n) is 2.11.